The number of aromatic nitrogens is 4. The molecule has 2 aromatic carbocycles. The van der Waals surface area contributed by atoms with Crippen LogP contribution in [-0.4, -0.2) is 88.9 Å². The monoisotopic (exact) mass is 624 g/mol. The first kappa shape index (κ1) is 28.2. The summed E-state index contributed by atoms with van der Waals surface area (Å²) in [5.41, 5.74) is 2.36. The van der Waals surface area contributed by atoms with Crippen molar-refractivity contribution in [2.75, 3.05) is 13.2 Å². The highest BCUT2D eigenvalue weighted by Crippen LogP contribution is 2.53. The third-order valence-corrected chi connectivity index (χ3v) is 9.42. The molecule has 224 valence electrons. The summed E-state index contributed by atoms with van der Waals surface area (Å²) in [6, 6.07) is 14.0. The number of phosphoric ester groups is 2. The summed E-state index contributed by atoms with van der Waals surface area (Å²) in [4.78, 5) is 29.8. The van der Waals surface area contributed by atoms with Crippen molar-refractivity contribution in [2.45, 2.75) is 49.1 Å². The smallest absolute Gasteiger partial charge is 0.387 e. The molecule has 4 unspecified atom stereocenters. The molecule has 3 fully saturated rings. The van der Waals surface area contributed by atoms with Crippen LogP contribution < -0.4 is 0 Å². The van der Waals surface area contributed by atoms with Crippen LogP contribution in [0.3, 0.4) is 0 Å². The molecular weight excluding hydrogens is 598 g/mol. The van der Waals surface area contributed by atoms with Crippen LogP contribution in [-0.2, 0) is 36.7 Å². The lowest BCUT2D eigenvalue weighted by Crippen LogP contribution is -2.36. The van der Waals surface area contributed by atoms with Crippen LogP contribution in [0.4, 0.5) is 0 Å². The van der Waals surface area contributed by atoms with E-state index in [1.165, 1.54) is 21.8 Å². The molecule has 3 aliphatic rings. The van der Waals surface area contributed by atoms with Crippen molar-refractivity contribution < 1.29 is 56.7 Å². The summed E-state index contributed by atoms with van der Waals surface area (Å²) >= 11 is 0. The minimum Gasteiger partial charge on any atom is -0.387 e. The molecule has 3 aliphatic heterocycles. The van der Waals surface area contributed by atoms with Gasteiger partial charge in [-0.05, 0) is 24.3 Å². The predicted molar refractivity (Wildman–Crippen MR) is 141 cm³/mol. The van der Waals surface area contributed by atoms with Gasteiger partial charge in [-0.3, -0.25) is 18.1 Å². The van der Waals surface area contributed by atoms with Gasteiger partial charge < -0.3 is 38.6 Å². The fourth-order valence-electron chi connectivity index (χ4n) is 5.47. The van der Waals surface area contributed by atoms with Gasteiger partial charge >= 0.3 is 15.6 Å². The molecule has 3 saturated heterocycles. The molecule has 2 bridgehead atoms. The van der Waals surface area contributed by atoms with E-state index >= 15 is 0 Å². The second-order valence-electron chi connectivity index (χ2n) is 10.1. The summed E-state index contributed by atoms with van der Waals surface area (Å²) in [6.45, 7) is -1.37. The quantitative estimate of drug-likeness (QED) is 0.234. The van der Waals surface area contributed by atoms with Crippen LogP contribution in [0.2, 0.25) is 0 Å². The number of nitrogens with zero attached hydrogens (tertiary/aromatic N) is 4. The fourth-order valence-corrected chi connectivity index (χ4v) is 7.37. The number of fused-ring (bicyclic) bond motifs is 5. The average molecular weight is 624 g/mol. The molecule has 0 aliphatic carbocycles. The second kappa shape index (κ2) is 10.6. The zero-order chi connectivity index (χ0) is 29.2. The van der Waals surface area contributed by atoms with Crippen molar-refractivity contribution >= 4 is 37.7 Å². The number of hydrogen-bond acceptors (Lipinski definition) is 12. The molecule has 0 spiro atoms. The topological polar surface area (TPSA) is 206 Å². The Morgan fingerprint density at radius 1 is 0.690 bits per heavy atom. The molecule has 5 heterocycles. The van der Waals surface area contributed by atoms with Crippen molar-refractivity contribution in [1.29, 1.82) is 0 Å². The summed E-state index contributed by atoms with van der Waals surface area (Å²) < 4.78 is 62.2. The number of rotatable bonds is 2. The van der Waals surface area contributed by atoms with Crippen LogP contribution in [0.1, 0.15) is 12.5 Å². The standard InChI is InChI=1S/C24H26N4O12P2/c29-19-17-9-35-41(31,32)39-21-18(38-23(20(21)30)27-11-25-13-5-1-3-7-15(13)27)10-36-42(33,34)40-22(19)24(37-17)28-12-26-14-6-2-4-8-16(14)28/h1-8,11-12,17-24,29-30H,9-10H2,(H,31,32)(H,33,34)/t17-,18-,19?,20?,21+,22+,23-,24-/m1/s1. The highest BCUT2D eigenvalue weighted by molar-refractivity contribution is 7.47. The largest absolute Gasteiger partial charge is 0.472 e. The van der Waals surface area contributed by atoms with Crippen molar-refractivity contribution in [1.82, 2.24) is 19.1 Å². The summed E-state index contributed by atoms with van der Waals surface area (Å²) in [7, 11) is -9.86. The number of aliphatic hydroxyl groups is 2. The molecule has 2 aromatic heterocycles. The van der Waals surface area contributed by atoms with E-state index in [0.29, 0.717) is 22.1 Å². The van der Waals surface area contributed by atoms with E-state index in [0.717, 1.165) is 0 Å². The summed E-state index contributed by atoms with van der Waals surface area (Å²) in [6.07, 6.45) is -8.32. The second-order valence-corrected chi connectivity index (χ2v) is 12.9. The zero-order valence-electron chi connectivity index (χ0n) is 21.5. The van der Waals surface area contributed by atoms with Gasteiger partial charge in [-0.2, -0.15) is 0 Å². The Balaban J connectivity index is 1.20. The summed E-state index contributed by atoms with van der Waals surface area (Å²) in [5, 5.41) is 22.1. The van der Waals surface area contributed by atoms with Gasteiger partial charge in [0.15, 0.2) is 12.5 Å². The lowest BCUT2D eigenvalue weighted by molar-refractivity contribution is -0.0670. The number of imidazole rings is 2. The Morgan fingerprint density at radius 2 is 1.19 bits per heavy atom. The molecule has 18 heteroatoms. The minimum absolute atomic E-state index is 0.574. The molecule has 0 radical (unpaired) electrons. The van der Waals surface area contributed by atoms with E-state index < -0.39 is 77.9 Å². The molecule has 4 N–H and O–H groups in total. The lowest BCUT2D eigenvalue weighted by atomic mass is 10.1. The average Bonchev–Trinajstić information content (AvgIpc) is 3.72. The maximum Gasteiger partial charge on any atom is 0.472 e. The van der Waals surface area contributed by atoms with Gasteiger partial charge in [0.05, 0.1) is 47.9 Å². The highest BCUT2D eigenvalue weighted by Gasteiger charge is 2.53. The Hall–Kier alpha value is -2.56. The molecule has 7 rings (SSSR count). The number of para-hydroxylation sites is 4. The Morgan fingerprint density at radius 3 is 1.81 bits per heavy atom. The van der Waals surface area contributed by atoms with Crippen LogP contribution in [0, 0.1) is 0 Å². The molecule has 16 nitrogen and oxygen atoms in total. The van der Waals surface area contributed by atoms with E-state index in [1.807, 2.05) is 0 Å². The summed E-state index contributed by atoms with van der Waals surface area (Å²) in [5.74, 6) is 0. The van der Waals surface area contributed by atoms with Crippen molar-refractivity contribution in [3.05, 3.63) is 61.2 Å². The third kappa shape index (κ3) is 5.03. The van der Waals surface area contributed by atoms with Gasteiger partial charge in [0.1, 0.15) is 36.6 Å². The molecule has 4 aromatic rings. The SMILES string of the molecule is O=P1(O)OC[C@H]2O[C@@H](n3cnc4ccccc43)[C@@H](OP(=O)(O)OC[C@H]3O[C@@H](n4cnc5ccccc54)C(O)[C@H]3O1)C2O. The van der Waals surface area contributed by atoms with E-state index in [1.54, 1.807) is 48.5 Å². The third-order valence-electron chi connectivity index (χ3n) is 7.45. The van der Waals surface area contributed by atoms with Crippen molar-refractivity contribution in [3.63, 3.8) is 0 Å². The van der Waals surface area contributed by atoms with Crippen molar-refractivity contribution in [3.8, 4) is 0 Å². The first-order chi connectivity index (χ1) is 20.1. The van der Waals surface area contributed by atoms with Gasteiger partial charge in [-0.25, -0.2) is 19.1 Å². The first-order valence-corrected chi connectivity index (χ1v) is 15.9. The molecule has 0 saturated carbocycles. The van der Waals surface area contributed by atoms with E-state index in [4.69, 9.17) is 27.6 Å². The Kier molecular flexibility index (Phi) is 7.09. The van der Waals surface area contributed by atoms with Crippen LogP contribution in [0.25, 0.3) is 22.1 Å². The number of aliphatic hydroxyl groups excluding tert-OH is 2. The maximum atomic E-state index is 13.2. The van der Waals surface area contributed by atoms with E-state index in [-0.39, 0.29) is 0 Å². The number of ether oxygens (including phenoxy) is 2. The van der Waals surface area contributed by atoms with Crippen molar-refractivity contribution in [2.24, 2.45) is 0 Å². The molecule has 42 heavy (non-hydrogen) atoms. The Bertz CT molecular complexity index is 1710. The zero-order valence-corrected chi connectivity index (χ0v) is 23.3. The molecule has 0 amide bonds. The number of hydrogen-bond donors (Lipinski definition) is 4. The van der Waals surface area contributed by atoms with Crippen LogP contribution >= 0.6 is 15.6 Å². The molecule has 10 atom stereocenters. The molecular formula is C24H26N4O12P2. The van der Waals surface area contributed by atoms with Crippen LogP contribution in [0.15, 0.2) is 61.2 Å². The van der Waals surface area contributed by atoms with Gasteiger partial charge in [-0.15, -0.1) is 0 Å². The van der Waals surface area contributed by atoms with Gasteiger partial charge in [0.2, 0.25) is 0 Å². The fraction of sp³-hybridized carbons (Fsp3) is 0.417. The number of phosphoric acid groups is 2. The maximum absolute atomic E-state index is 13.2. The van der Waals surface area contributed by atoms with Gasteiger partial charge in [-0.1, -0.05) is 24.3 Å². The highest BCUT2D eigenvalue weighted by atomic mass is 31.2. The van der Waals surface area contributed by atoms with Gasteiger partial charge in [0, 0.05) is 0 Å². The van der Waals surface area contributed by atoms with Crippen LogP contribution in [0.5, 0.6) is 0 Å². The van der Waals surface area contributed by atoms with E-state index in [9.17, 15) is 29.1 Å². The lowest BCUT2D eigenvalue weighted by Gasteiger charge is -2.26. The van der Waals surface area contributed by atoms with Gasteiger partial charge in [0.25, 0.3) is 0 Å². The minimum atomic E-state index is -4.94. The Labute approximate surface area is 237 Å². The predicted octanol–water partition coefficient (Wildman–Crippen LogP) is 1.62. The normalized spacial score (nSPS) is 39.5. The number of benzene rings is 2. The van der Waals surface area contributed by atoms with E-state index in [2.05, 4.69) is 9.97 Å². The first-order valence-electron chi connectivity index (χ1n) is 12.9.